The van der Waals surface area contributed by atoms with Crippen molar-refractivity contribution < 1.29 is 13.6 Å². The number of halogens is 2. The molecule has 0 spiro atoms. The molecule has 0 aliphatic carbocycles. The van der Waals surface area contributed by atoms with Gasteiger partial charge in [-0.25, -0.2) is 8.78 Å². The molecule has 0 aliphatic heterocycles. The first-order valence-electron chi connectivity index (χ1n) is 4.93. The fourth-order valence-corrected chi connectivity index (χ4v) is 1.23. The van der Waals surface area contributed by atoms with Crippen molar-refractivity contribution in [3.63, 3.8) is 0 Å². The summed E-state index contributed by atoms with van der Waals surface area (Å²) in [7, 11) is 0. The molecule has 0 saturated carbocycles. The Bertz CT molecular complexity index is 338. The van der Waals surface area contributed by atoms with Crippen LogP contribution in [0.15, 0.2) is 24.3 Å². The summed E-state index contributed by atoms with van der Waals surface area (Å²) < 4.78 is 23.7. The second-order valence-electron chi connectivity index (χ2n) is 3.40. The third-order valence-electron chi connectivity index (χ3n) is 1.90. The lowest BCUT2D eigenvalue weighted by molar-refractivity contribution is -0.114. The number of benzene rings is 1. The molecule has 5 heteroatoms. The molecule has 0 saturated heterocycles. The molecule has 3 nitrogen and oxygen atoms in total. The Morgan fingerprint density at radius 3 is 2.44 bits per heavy atom. The first-order valence-corrected chi connectivity index (χ1v) is 4.93. The van der Waals surface area contributed by atoms with Crippen LogP contribution in [0, 0.1) is 0 Å². The Kier molecular flexibility index (Phi) is 4.85. The Labute approximate surface area is 92.8 Å². The van der Waals surface area contributed by atoms with Crippen LogP contribution in [0.4, 0.5) is 14.5 Å². The van der Waals surface area contributed by atoms with Crippen LogP contribution in [0.1, 0.15) is 12.5 Å². The maximum absolute atomic E-state index is 11.8. The summed E-state index contributed by atoms with van der Waals surface area (Å²) in [5.74, 6) is -0.136. The molecule has 0 fully saturated rings. The zero-order chi connectivity index (χ0) is 12.0. The number of carbonyl (C=O) groups excluding carboxylic acids is 1. The predicted octanol–water partition coefficient (Wildman–Crippen LogP) is 2.00. The number of anilines is 1. The van der Waals surface area contributed by atoms with E-state index in [1.165, 1.54) is 6.92 Å². The highest BCUT2D eigenvalue weighted by atomic mass is 19.3. The van der Waals surface area contributed by atoms with Gasteiger partial charge in [0.25, 0.3) is 6.43 Å². The van der Waals surface area contributed by atoms with Gasteiger partial charge in [0, 0.05) is 19.2 Å². The molecule has 1 amide bonds. The van der Waals surface area contributed by atoms with Gasteiger partial charge in [0.05, 0.1) is 6.54 Å². The maximum Gasteiger partial charge on any atom is 0.250 e. The quantitative estimate of drug-likeness (QED) is 0.809. The summed E-state index contributed by atoms with van der Waals surface area (Å²) in [4.78, 5) is 10.7. The molecular formula is C11H14F2N2O. The average molecular weight is 228 g/mol. The highest BCUT2D eigenvalue weighted by Gasteiger charge is 2.01. The van der Waals surface area contributed by atoms with Gasteiger partial charge in [-0.2, -0.15) is 0 Å². The van der Waals surface area contributed by atoms with Gasteiger partial charge >= 0.3 is 0 Å². The highest BCUT2D eigenvalue weighted by molar-refractivity contribution is 5.88. The third-order valence-corrected chi connectivity index (χ3v) is 1.90. The van der Waals surface area contributed by atoms with E-state index in [-0.39, 0.29) is 12.5 Å². The van der Waals surface area contributed by atoms with Gasteiger partial charge in [-0.3, -0.25) is 4.79 Å². The second kappa shape index (κ2) is 6.17. The van der Waals surface area contributed by atoms with E-state index in [9.17, 15) is 13.6 Å². The van der Waals surface area contributed by atoms with Crippen LogP contribution >= 0.6 is 0 Å². The summed E-state index contributed by atoms with van der Waals surface area (Å²) in [6, 6.07) is 7.04. The van der Waals surface area contributed by atoms with Crippen molar-refractivity contribution in [3.05, 3.63) is 29.8 Å². The number of amides is 1. The van der Waals surface area contributed by atoms with Gasteiger partial charge in [0.15, 0.2) is 0 Å². The molecular weight excluding hydrogens is 214 g/mol. The van der Waals surface area contributed by atoms with Crippen LogP contribution in [0.25, 0.3) is 0 Å². The van der Waals surface area contributed by atoms with Crippen molar-refractivity contribution in [3.8, 4) is 0 Å². The maximum atomic E-state index is 11.8. The smallest absolute Gasteiger partial charge is 0.250 e. The van der Waals surface area contributed by atoms with Gasteiger partial charge in [0.2, 0.25) is 5.91 Å². The lowest BCUT2D eigenvalue weighted by Crippen LogP contribution is -2.20. The van der Waals surface area contributed by atoms with Crippen molar-refractivity contribution in [1.82, 2.24) is 5.32 Å². The lowest BCUT2D eigenvalue weighted by atomic mass is 10.2. The Hall–Kier alpha value is -1.49. The minimum absolute atomic E-state index is 0.136. The van der Waals surface area contributed by atoms with E-state index in [0.29, 0.717) is 12.2 Å². The van der Waals surface area contributed by atoms with Crippen LogP contribution in [-0.2, 0) is 11.3 Å². The predicted molar refractivity (Wildman–Crippen MR) is 58.5 cm³/mol. The molecule has 1 aromatic rings. The molecule has 1 rings (SSSR count). The minimum atomic E-state index is -2.33. The summed E-state index contributed by atoms with van der Waals surface area (Å²) in [6.07, 6.45) is -2.33. The van der Waals surface area contributed by atoms with Crippen molar-refractivity contribution in [1.29, 1.82) is 0 Å². The normalized spacial score (nSPS) is 10.5. The first kappa shape index (κ1) is 12.6. The number of rotatable bonds is 5. The van der Waals surface area contributed by atoms with E-state index in [1.807, 2.05) is 0 Å². The van der Waals surface area contributed by atoms with Crippen LogP contribution in [0.3, 0.4) is 0 Å². The van der Waals surface area contributed by atoms with Gasteiger partial charge in [-0.15, -0.1) is 0 Å². The number of carbonyl (C=O) groups is 1. The van der Waals surface area contributed by atoms with Crippen LogP contribution in [0.5, 0.6) is 0 Å². The Morgan fingerprint density at radius 2 is 1.94 bits per heavy atom. The fraction of sp³-hybridized carbons (Fsp3) is 0.364. The Morgan fingerprint density at radius 1 is 1.31 bits per heavy atom. The van der Waals surface area contributed by atoms with E-state index in [1.54, 1.807) is 24.3 Å². The zero-order valence-electron chi connectivity index (χ0n) is 8.97. The second-order valence-corrected chi connectivity index (χ2v) is 3.40. The molecule has 16 heavy (non-hydrogen) atoms. The molecule has 0 heterocycles. The van der Waals surface area contributed by atoms with Gasteiger partial charge in [0.1, 0.15) is 0 Å². The van der Waals surface area contributed by atoms with Gasteiger partial charge in [-0.1, -0.05) is 12.1 Å². The van der Waals surface area contributed by atoms with Gasteiger partial charge < -0.3 is 10.6 Å². The van der Waals surface area contributed by atoms with Crippen molar-refractivity contribution in [2.45, 2.75) is 19.9 Å². The van der Waals surface area contributed by atoms with Crippen molar-refractivity contribution in [2.24, 2.45) is 0 Å². The first-order chi connectivity index (χ1) is 7.58. The molecule has 1 aromatic carbocycles. The highest BCUT2D eigenvalue weighted by Crippen LogP contribution is 2.09. The van der Waals surface area contributed by atoms with Crippen LogP contribution < -0.4 is 10.6 Å². The molecule has 0 atom stereocenters. The molecule has 0 radical (unpaired) electrons. The van der Waals surface area contributed by atoms with E-state index in [4.69, 9.17) is 0 Å². The summed E-state index contributed by atoms with van der Waals surface area (Å²) in [6.45, 7) is 1.51. The Balaban J connectivity index is 2.42. The third kappa shape index (κ3) is 4.84. The number of hydrogen-bond acceptors (Lipinski definition) is 2. The molecule has 0 bridgehead atoms. The number of alkyl halides is 2. The SMILES string of the molecule is CC(=O)Nc1ccc(CNCC(F)F)cc1. The summed E-state index contributed by atoms with van der Waals surface area (Å²) in [5.41, 5.74) is 1.60. The standard InChI is InChI=1S/C11H14F2N2O/c1-8(16)15-10-4-2-9(3-5-10)6-14-7-11(12)13/h2-5,11,14H,6-7H2,1H3,(H,15,16). The number of hydrogen-bond donors (Lipinski definition) is 2. The topological polar surface area (TPSA) is 41.1 Å². The molecule has 2 N–H and O–H groups in total. The van der Waals surface area contributed by atoms with E-state index in [2.05, 4.69) is 10.6 Å². The molecule has 0 aromatic heterocycles. The fourth-order valence-electron chi connectivity index (χ4n) is 1.23. The average Bonchev–Trinajstić information content (AvgIpc) is 2.19. The largest absolute Gasteiger partial charge is 0.326 e. The molecule has 0 unspecified atom stereocenters. The van der Waals surface area contributed by atoms with E-state index in [0.717, 1.165) is 5.56 Å². The monoisotopic (exact) mass is 228 g/mol. The van der Waals surface area contributed by atoms with Crippen LogP contribution in [0.2, 0.25) is 0 Å². The zero-order valence-corrected chi connectivity index (χ0v) is 8.97. The van der Waals surface area contributed by atoms with Gasteiger partial charge in [-0.05, 0) is 17.7 Å². The molecule has 88 valence electrons. The summed E-state index contributed by atoms with van der Waals surface area (Å²) >= 11 is 0. The van der Waals surface area contributed by atoms with E-state index >= 15 is 0 Å². The molecule has 0 aliphatic rings. The summed E-state index contributed by atoms with van der Waals surface area (Å²) in [5, 5.41) is 5.25. The number of nitrogens with one attached hydrogen (secondary N) is 2. The lowest BCUT2D eigenvalue weighted by Gasteiger charge is -2.06. The van der Waals surface area contributed by atoms with E-state index < -0.39 is 6.43 Å². The van der Waals surface area contributed by atoms with Crippen molar-refractivity contribution >= 4 is 11.6 Å². The minimum Gasteiger partial charge on any atom is -0.326 e. The van der Waals surface area contributed by atoms with Crippen LogP contribution in [-0.4, -0.2) is 18.9 Å². The van der Waals surface area contributed by atoms with Crippen molar-refractivity contribution in [2.75, 3.05) is 11.9 Å².